The summed E-state index contributed by atoms with van der Waals surface area (Å²) in [6.45, 7) is 1.96. The maximum atomic E-state index is 13.9. The lowest BCUT2D eigenvalue weighted by molar-refractivity contribution is 0.203. The Hall–Kier alpha value is -1.28. The molecule has 1 atom stereocenters. The van der Waals surface area contributed by atoms with Crippen molar-refractivity contribution in [3.63, 3.8) is 0 Å². The van der Waals surface area contributed by atoms with Crippen LogP contribution < -0.4 is 4.72 Å². The van der Waals surface area contributed by atoms with Crippen LogP contribution in [-0.4, -0.2) is 20.1 Å². The van der Waals surface area contributed by atoms with Gasteiger partial charge in [-0.2, -0.15) is 0 Å². The fourth-order valence-corrected chi connectivity index (χ4v) is 5.79. The van der Waals surface area contributed by atoms with Crippen LogP contribution in [0.1, 0.15) is 48.5 Å². The summed E-state index contributed by atoms with van der Waals surface area (Å²) in [7, 11) is -3.90. The van der Waals surface area contributed by atoms with Crippen LogP contribution >= 0.6 is 11.3 Å². The first-order valence-electron chi connectivity index (χ1n) is 8.37. The second-order valence-electron chi connectivity index (χ2n) is 6.62. The molecule has 25 heavy (non-hydrogen) atoms. The molecule has 0 aliphatic heterocycles. The molecule has 7 heteroatoms. The molecule has 0 bridgehead atoms. The molecule has 1 aliphatic carbocycles. The zero-order valence-corrected chi connectivity index (χ0v) is 15.7. The lowest BCUT2D eigenvalue weighted by Gasteiger charge is -2.28. The molecule has 4 nitrogen and oxygen atoms in total. The van der Waals surface area contributed by atoms with E-state index < -0.39 is 21.9 Å². The highest BCUT2D eigenvalue weighted by Crippen LogP contribution is 2.44. The molecule has 1 aliphatic rings. The largest absolute Gasteiger partial charge is 0.388 e. The molecule has 1 fully saturated rings. The summed E-state index contributed by atoms with van der Waals surface area (Å²) in [5.41, 5.74) is -0.282. The van der Waals surface area contributed by atoms with E-state index in [1.165, 1.54) is 29.5 Å². The number of hydrogen-bond donors (Lipinski definition) is 2. The zero-order chi connectivity index (χ0) is 18.1. The Balaban J connectivity index is 1.84. The van der Waals surface area contributed by atoms with Gasteiger partial charge < -0.3 is 5.11 Å². The summed E-state index contributed by atoms with van der Waals surface area (Å²) in [6.07, 6.45) is 3.29. The van der Waals surface area contributed by atoms with E-state index in [4.69, 9.17) is 0 Å². The van der Waals surface area contributed by atoms with Gasteiger partial charge in [0.1, 0.15) is 10.7 Å². The van der Waals surface area contributed by atoms with Crippen LogP contribution in [0.4, 0.5) is 4.39 Å². The summed E-state index contributed by atoms with van der Waals surface area (Å²) in [5.74, 6) is -0.747. The molecular weight excluding hydrogens is 361 g/mol. The molecular formula is C18H22FNO3S2. The van der Waals surface area contributed by atoms with Gasteiger partial charge in [-0.1, -0.05) is 25.0 Å². The summed E-state index contributed by atoms with van der Waals surface area (Å²) in [4.78, 5) is 1.63. The van der Waals surface area contributed by atoms with Gasteiger partial charge in [0.25, 0.3) is 0 Å². The third-order valence-electron chi connectivity index (χ3n) is 4.85. The van der Waals surface area contributed by atoms with Crippen LogP contribution in [0.2, 0.25) is 0 Å². The lowest BCUT2D eigenvalue weighted by Crippen LogP contribution is -2.38. The van der Waals surface area contributed by atoms with E-state index in [9.17, 15) is 17.9 Å². The van der Waals surface area contributed by atoms with Crippen molar-refractivity contribution in [3.05, 3.63) is 52.0 Å². The standard InChI is InChI=1S/C18H22FNO3S2/c1-13(21)15-8-9-17(24-15)18(10-4-5-11-18)12-20-25(22,23)16-7-3-2-6-14(16)19/h2-3,6-9,13,20-21H,4-5,10-12H2,1H3. The van der Waals surface area contributed by atoms with Crippen molar-refractivity contribution in [2.45, 2.75) is 49.0 Å². The number of thiophene rings is 1. The van der Waals surface area contributed by atoms with E-state index in [0.717, 1.165) is 41.5 Å². The SMILES string of the molecule is CC(O)c1ccc(C2(CNS(=O)(=O)c3ccccc3F)CCCC2)s1. The highest BCUT2D eigenvalue weighted by Gasteiger charge is 2.38. The smallest absolute Gasteiger partial charge is 0.243 e. The fourth-order valence-electron chi connectivity index (χ4n) is 3.40. The first-order valence-corrected chi connectivity index (χ1v) is 10.7. The third-order valence-corrected chi connectivity index (χ3v) is 7.79. The molecule has 2 N–H and O–H groups in total. The van der Waals surface area contributed by atoms with E-state index in [2.05, 4.69) is 4.72 Å². The average Bonchev–Trinajstić information content (AvgIpc) is 3.23. The maximum Gasteiger partial charge on any atom is 0.243 e. The van der Waals surface area contributed by atoms with Crippen LogP contribution in [0.15, 0.2) is 41.3 Å². The predicted molar refractivity (Wildman–Crippen MR) is 96.7 cm³/mol. The van der Waals surface area contributed by atoms with E-state index >= 15 is 0 Å². The van der Waals surface area contributed by atoms with Crippen molar-refractivity contribution in [2.75, 3.05) is 6.54 Å². The monoisotopic (exact) mass is 383 g/mol. The second-order valence-corrected chi connectivity index (χ2v) is 9.47. The van der Waals surface area contributed by atoms with Gasteiger partial charge in [-0.25, -0.2) is 17.5 Å². The normalized spacial score (nSPS) is 18.4. The number of nitrogens with one attached hydrogen (secondary N) is 1. The molecule has 1 unspecified atom stereocenters. The van der Waals surface area contributed by atoms with E-state index in [1.807, 2.05) is 12.1 Å². The fraction of sp³-hybridized carbons (Fsp3) is 0.444. The van der Waals surface area contributed by atoms with Gasteiger partial charge in [0, 0.05) is 21.7 Å². The molecule has 2 aromatic rings. The third kappa shape index (κ3) is 3.79. The number of aliphatic hydroxyl groups is 1. The highest BCUT2D eigenvalue weighted by molar-refractivity contribution is 7.89. The van der Waals surface area contributed by atoms with Crippen LogP contribution in [0, 0.1) is 5.82 Å². The van der Waals surface area contributed by atoms with Crippen molar-refractivity contribution in [3.8, 4) is 0 Å². The van der Waals surface area contributed by atoms with Gasteiger partial charge in [-0.3, -0.25) is 0 Å². The topological polar surface area (TPSA) is 66.4 Å². The summed E-state index contributed by atoms with van der Waals surface area (Å²) < 4.78 is 41.5. The first kappa shape index (κ1) is 18.5. The molecule has 0 spiro atoms. The van der Waals surface area contributed by atoms with E-state index in [-0.39, 0.29) is 16.9 Å². The van der Waals surface area contributed by atoms with Gasteiger partial charge in [0.15, 0.2) is 0 Å². The molecule has 0 saturated heterocycles. The summed E-state index contributed by atoms with van der Waals surface area (Å²) in [6, 6.07) is 9.28. The van der Waals surface area contributed by atoms with E-state index in [0.29, 0.717) is 0 Å². The van der Waals surface area contributed by atoms with Crippen LogP contribution in [0.5, 0.6) is 0 Å². The Labute approximate surface area is 151 Å². The van der Waals surface area contributed by atoms with Crippen molar-refractivity contribution in [1.82, 2.24) is 4.72 Å². The number of halogens is 1. The van der Waals surface area contributed by atoms with Crippen LogP contribution in [0.3, 0.4) is 0 Å². The van der Waals surface area contributed by atoms with Crippen molar-refractivity contribution in [2.24, 2.45) is 0 Å². The van der Waals surface area contributed by atoms with Crippen molar-refractivity contribution in [1.29, 1.82) is 0 Å². The molecule has 136 valence electrons. The minimum Gasteiger partial charge on any atom is -0.388 e. The summed E-state index contributed by atoms with van der Waals surface area (Å²) in [5, 5.41) is 9.76. The van der Waals surface area contributed by atoms with Crippen LogP contribution in [-0.2, 0) is 15.4 Å². The number of hydrogen-bond acceptors (Lipinski definition) is 4. The second kappa shape index (κ2) is 7.15. The van der Waals surface area contributed by atoms with Crippen molar-refractivity contribution >= 4 is 21.4 Å². The quantitative estimate of drug-likeness (QED) is 0.799. The van der Waals surface area contributed by atoms with Crippen molar-refractivity contribution < 1.29 is 17.9 Å². The first-order chi connectivity index (χ1) is 11.8. The average molecular weight is 384 g/mol. The number of benzene rings is 1. The van der Waals surface area contributed by atoms with Gasteiger partial charge in [0.2, 0.25) is 10.0 Å². The Morgan fingerprint density at radius 1 is 1.24 bits per heavy atom. The predicted octanol–water partition coefficient (Wildman–Crippen LogP) is 3.73. The Morgan fingerprint density at radius 2 is 1.92 bits per heavy atom. The Morgan fingerprint density at radius 3 is 2.52 bits per heavy atom. The van der Waals surface area contributed by atoms with Crippen LogP contribution in [0.25, 0.3) is 0 Å². The molecule has 0 amide bonds. The van der Waals surface area contributed by atoms with Gasteiger partial charge >= 0.3 is 0 Å². The zero-order valence-electron chi connectivity index (χ0n) is 14.0. The minimum absolute atomic E-state index is 0.240. The lowest BCUT2D eigenvalue weighted by atomic mass is 9.85. The number of rotatable bonds is 6. The maximum absolute atomic E-state index is 13.9. The molecule has 1 aromatic heterocycles. The van der Waals surface area contributed by atoms with E-state index in [1.54, 1.807) is 6.92 Å². The van der Waals surface area contributed by atoms with Gasteiger partial charge in [-0.05, 0) is 44.0 Å². The Bertz CT molecular complexity index is 840. The minimum atomic E-state index is -3.90. The van der Waals surface area contributed by atoms with Gasteiger partial charge in [0.05, 0.1) is 6.10 Å². The summed E-state index contributed by atoms with van der Waals surface area (Å²) >= 11 is 1.53. The number of sulfonamides is 1. The molecule has 0 radical (unpaired) electrons. The Kier molecular flexibility index (Phi) is 5.29. The molecule has 3 rings (SSSR count). The molecule has 1 aromatic carbocycles. The molecule has 1 heterocycles. The molecule has 1 saturated carbocycles. The highest BCUT2D eigenvalue weighted by atomic mass is 32.2. The van der Waals surface area contributed by atoms with Gasteiger partial charge in [-0.15, -0.1) is 11.3 Å². The number of aliphatic hydroxyl groups excluding tert-OH is 1.